The van der Waals surface area contributed by atoms with Gasteiger partial charge in [0.2, 0.25) is 0 Å². The largest absolute Gasteiger partial charge is 0.493 e. The van der Waals surface area contributed by atoms with Crippen LogP contribution in [-0.2, 0) is 6.42 Å². The highest BCUT2D eigenvalue weighted by molar-refractivity contribution is 14.0. The summed E-state index contributed by atoms with van der Waals surface area (Å²) in [6.07, 6.45) is 5.12. The van der Waals surface area contributed by atoms with E-state index in [9.17, 15) is 0 Å². The van der Waals surface area contributed by atoms with Gasteiger partial charge in [-0.1, -0.05) is 6.07 Å². The van der Waals surface area contributed by atoms with Crippen molar-refractivity contribution in [3.8, 4) is 11.5 Å². The second kappa shape index (κ2) is 13.6. The summed E-state index contributed by atoms with van der Waals surface area (Å²) >= 11 is 0. The Morgan fingerprint density at radius 1 is 1.19 bits per heavy atom. The number of rotatable bonds is 10. The smallest absolute Gasteiger partial charge is 0.193 e. The lowest BCUT2D eigenvalue weighted by Crippen LogP contribution is -2.40. The van der Waals surface area contributed by atoms with Crippen LogP contribution in [0.4, 0.5) is 0 Å². The third-order valence-corrected chi connectivity index (χ3v) is 5.75. The van der Waals surface area contributed by atoms with E-state index in [1.165, 1.54) is 18.4 Å². The number of guanidine groups is 1. The Labute approximate surface area is 209 Å². The van der Waals surface area contributed by atoms with E-state index >= 15 is 0 Å². The van der Waals surface area contributed by atoms with Crippen LogP contribution >= 0.6 is 24.0 Å². The number of benzene rings is 1. The van der Waals surface area contributed by atoms with E-state index in [-0.39, 0.29) is 30.0 Å². The molecule has 0 aliphatic carbocycles. The first-order valence-corrected chi connectivity index (χ1v) is 11.1. The minimum Gasteiger partial charge on any atom is -0.493 e. The van der Waals surface area contributed by atoms with E-state index in [4.69, 9.17) is 18.9 Å². The maximum Gasteiger partial charge on any atom is 0.193 e. The molecule has 0 radical (unpaired) electrons. The molecule has 8 heteroatoms. The molecule has 1 saturated heterocycles. The number of nitrogens with zero attached hydrogens (tertiary/aromatic N) is 3. The lowest BCUT2D eigenvalue weighted by Gasteiger charge is -2.26. The van der Waals surface area contributed by atoms with Gasteiger partial charge in [-0.05, 0) is 69.1 Å². The Hall–Kier alpha value is -1.94. The second-order valence-corrected chi connectivity index (χ2v) is 7.83. The molecule has 32 heavy (non-hydrogen) atoms. The van der Waals surface area contributed by atoms with E-state index < -0.39 is 0 Å². The number of ether oxygens (including phenoxy) is 2. The Morgan fingerprint density at radius 2 is 1.94 bits per heavy atom. The monoisotopic (exact) mass is 556 g/mol. The number of methoxy groups -OCH3 is 2. The first kappa shape index (κ1) is 26.3. The Kier molecular flexibility index (Phi) is 11.2. The zero-order valence-corrected chi connectivity index (χ0v) is 22.0. The van der Waals surface area contributed by atoms with Crippen molar-refractivity contribution in [2.75, 3.05) is 54.0 Å². The molecule has 1 atom stereocenters. The normalized spacial score (nSPS) is 15.2. The average Bonchev–Trinajstić information content (AvgIpc) is 3.51. The summed E-state index contributed by atoms with van der Waals surface area (Å²) in [4.78, 5) is 9.64. The Bertz CT molecular complexity index is 823. The van der Waals surface area contributed by atoms with Crippen molar-refractivity contribution >= 4 is 29.9 Å². The maximum absolute atomic E-state index is 5.74. The van der Waals surface area contributed by atoms with Gasteiger partial charge in [0.1, 0.15) is 5.76 Å². The second-order valence-electron chi connectivity index (χ2n) is 7.83. The number of furan rings is 1. The first-order chi connectivity index (χ1) is 15.2. The van der Waals surface area contributed by atoms with E-state index in [0.29, 0.717) is 6.54 Å². The van der Waals surface area contributed by atoms with Gasteiger partial charge in [-0.2, -0.15) is 0 Å². The fraction of sp³-hybridized carbons (Fsp3) is 0.542. The fourth-order valence-electron chi connectivity index (χ4n) is 4.00. The summed E-state index contributed by atoms with van der Waals surface area (Å²) in [5.74, 6) is 3.42. The summed E-state index contributed by atoms with van der Waals surface area (Å²) in [6, 6.07) is 10.3. The molecule has 3 rings (SSSR count). The van der Waals surface area contributed by atoms with E-state index in [2.05, 4.69) is 41.2 Å². The molecule has 1 aromatic carbocycles. The van der Waals surface area contributed by atoms with Gasteiger partial charge in [0, 0.05) is 20.1 Å². The fourth-order valence-corrected chi connectivity index (χ4v) is 4.00. The molecule has 2 heterocycles. The zero-order valence-electron chi connectivity index (χ0n) is 19.7. The number of hydrogen-bond donors (Lipinski definition) is 1. The first-order valence-electron chi connectivity index (χ1n) is 11.1. The lowest BCUT2D eigenvalue weighted by molar-refractivity contribution is 0.220. The number of likely N-dealkylation sites (N-methyl/N-ethyl adjacent to an activating group) is 1. The van der Waals surface area contributed by atoms with Gasteiger partial charge in [0.25, 0.3) is 0 Å². The molecule has 2 aromatic rings. The van der Waals surface area contributed by atoms with E-state index in [0.717, 1.165) is 55.8 Å². The van der Waals surface area contributed by atoms with Gasteiger partial charge in [-0.15, -0.1) is 24.0 Å². The molecule has 178 valence electrons. The van der Waals surface area contributed by atoms with Crippen LogP contribution in [0.5, 0.6) is 11.5 Å². The Balaban J connectivity index is 0.00000363. The highest BCUT2D eigenvalue weighted by Crippen LogP contribution is 2.28. The molecule has 1 aliphatic heterocycles. The van der Waals surface area contributed by atoms with Gasteiger partial charge in [0.05, 0.1) is 33.1 Å². The molecular weight excluding hydrogens is 519 g/mol. The van der Waals surface area contributed by atoms with Crippen LogP contribution in [0.3, 0.4) is 0 Å². The van der Waals surface area contributed by atoms with Crippen molar-refractivity contribution in [1.82, 2.24) is 15.1 Å². The molecule has 7 nitrogen and oxygen atoms in total. The predicted octanol–water partition coefficient (Wildman–Crippen LogP) is 4.19. The van der Waals surface area contributed by atoms with Gasteiger partial charge < -0.3 is 24.1 Å². The van der Waals surface area contributed by atoms with Crippen LogP contribution in [0.1, 0.15) is 37.1 Å². The standard InChI is InChI=1S/C24H36N4O3.HI/c1-5-25-24(26-18-20(21-9-8-16-31-21)28-13-6-7-14-28)27(2)15-12-19-10-11-22(29-3)23(17-19)30-4;/h8-11,16-17,20H,5-7,12-15,18H2,1-4H3,(H,25,26);1H. The minimum absolute atomic E-state index is 0. The number of halogens is 1. The van der Waals surface area contributed by atoms with Crippen molar-refractivity contribution in [2.45, 2.75) is 32.2 Å². The van der Waals surface area contributed by atoms with Crippen LogP contribution in [0.2, 0.25) is 0 Å². The molecule has 1 aromatic heterocycles. The van der Waals surface area contributed by atoms with Gasteiger partial charge in [-0.25, -0.2) is 0 Å². The van der Waals surface area contributed by atoms with Crippen LogP contribution in [-0.4, -0.2) is 69.8 Å². The number of aliphatic imine (C=N–C) groups is 1. The van der Waals surface area contributed by atoms with Crippen molar-refractivity contribution in [1.29, 1.82) is 0 Å². The summed E-state index contributed by atoms with van der Waals surface area (Å²) in [7, 11) is 5.40. The summed E-state index contributed by atoms with van der Waals surface area (Å²) in [6.45, 7) is 6.66. The van der Waals surface area contributed by atoms with E-state index in [1.54, 1.807) is 20.5 Å². The lowest BCUT2D eigenvalue weighted by atomic mass is 10.1. The molecule has 0 bridgehead atoms. The molecule has 0 spiro atoms. The van der Waals surface area contributed by atoms with Crippen LogP contribution in [0.25, 0.3) is 0 Å². The molecule has 0 amide bonds. The van der Waals surface area contributed by atoms with Crippen molar-refractivity contribution < 1.29 is 13.9 Å². The molecule has 1 aliphatic rings. The summed E-state index contributed by atoms with van der Waals surface area (Å²) in [5, 5.41) is 3.43. The SMILES string of the molecule is CCNC(=NCC(c1ccco1)N1CCCC1)N(C)CCc1ccc(OC)c(OC)c1.I. The zero-order chi connectivity index (χ0) is 22.1. The third-order valence-electron chi connectivity index (χ3n) is 5.75. The topological polar surface area (TPSA) is 62.5 Å². The van der Waals surface area contributed by atoms with Crippen molar-refractivity contribution in [3.63, 3.8) is 0 Å². The average molecular weight is 556 g/mol. The number of hydrogen-bond acceptors (Lipinski definition) is 5. The summed E-state index contributed by atoms with van der Waals surface area (Å²) < 4.78 is 16.5. The highest BCUT2D eigenvalue weighted by atomic mass is 127. The van der Waals surface area contributed by atoms with E-state index in [1.807, 2.05) is 18.2 Å². The molecule has 1 fully saturated rings. The van der Waals surface area contributed by atoms with Gasteiger partial charge in [0.15, 0.2) is 17.5 Å². The van der Waals surface area contributed by atoms with Gasteiger partial charge in [-0.3, -0.25) is 9.89 Å². The predicted molar refractivity (Wildman–Crippen MR) is 140 cm³/mol. The number of likely N-dealkylation sites (tertiary alicyclic amines) is 1. The third kappa shape index (κ3) is 7.03. The number of nitrogens with one attached hydrogen (secondary N) is 1. The maximum atomic E-state index is 5.74. The Morgan fingerprint density at radius 3 is 2.56 bits per heavy atom. The van der Waals surface area contributed by atoms with Crippen molar-refractivity contribution in [3.05, 3.63) is 47.9 Å². The van der Waals surface area contributed by atoms with Crippen LogP contribution in [0.15, 0.2) is 46.0 Å². The minimum atomic E-state index is 0. The van der Waals surface area contributed by atoms with Crippen molar-refractivity contribution in [2.24, 2.45) is 4.99 Å². The molecule has 1 unspecified atom stereocenters. The molecule has 0 saturated carbocycles. The summed E-state index contributed by atoms with van der Waals surface area (Å²) in [5.41, 5.74) is 1.20. The molecule has 1 N–H and O–H groups in total. The highest BCUT2D eigenvalue weighted by Gasteiger charge is 2.25. The van der Waals surface area contributed by atoms with Gasteiger partial charge >= 0.3 is 0 Å². The van der Waals surface area contributed by atoms with Crippen LogP contribution < -0.4 is 14.8 Å². The quantitative estimate of drug-likeness (QED) is 0.269. The molecular formula is C24H37IN4O3. The van der Waals surface area contributed by atoms with Crippen LogP contribution in [0, 0.1) is 0 Å².